The van der Waals surface area contributed by atoms with Crippen molar-refractivity contribution in [1.29, 1.82) is 0 Å². The van der Waals surface area contributed by atoms with E-state index in [9.17, 15) is 14.7 Å². The number of aliphatic hydroxyl groups excluding tert-OH is 1. The molecule has 0 saturated heterocycles. The van der Waals surface area contributed by atoms with Crippen LogP contribution in [0.25, 0.3) is 22.3 Å². The summed E-state index contributed by atoms with van der Waals surface area (Å²) in [5, 5.41) is 16.0. The highest BCUT2D eigenvalue weighted by molar-refractivity contribution is 6.02. The minimum absolute atomic E-state index is 0.0349. The maximum absolute atomic E-state index is 13.9. The van der Waals surface area contributed by atoms with E-state index < -0.39 is 11.4 Å². The highest BCUT2D eigenvalue weighted by Crippen LogP contribution is 2.56. The molecule has 2 aliphatic heterocycles. The quantitative estimate of drug-likeness (QED) is 0.201. The van der Waals surface area contributed by atoms with Crippen LogP contribution in [0.1, 0.15) is 74.1 Å². The first-order chi connectivity index (χ1) is 20.5. The summed E-state index contributed by atoms with van der Waals surface area (Å²) in [7, 11) is 0. The van der Waals surface area contributed by atoms with E-state index in [1.807, 2.05) is 43.5 Å². The van der Waals surface area contributed by atoms with Crippen LogP contribution in [0.2, 0.25) is 0 Å². The number of para-hydroxylation sites is 1. The van der Waals surface area contributed by atoms with E-state index in [1.165, 1.54) is 32.1 Å². The second kappa shape index (κ2) is 9.76. The van der Waals surface area contributed by atoms with Crippen LogP contribution in [-0.4, -0.2) is 40.1 Å². The number of oxime groups is 1. The van der Waals surface area contributed by atoms with Gasteiger partial charge in [-0.2, -0.15) is 0 Å². The second-order valence-corrected chi connectivity index (χ2v) is 13.4. The van der Waals surface area contributed by atoms with Gasteiger partial charge in [-0.15, -0.1) is 0 Å². The number of benzene rings is 1. The number of nitrogens with zero attached hydrogens (tertiary/aromatic N) is 3. The van der Waals surface area contributed by atoms with E-state index >= 15 is 0 Å². The van der Waals surface area contributed by atoms with Crippen molar-refractivity contribution < 1.29 is 19.5 Å². The number of hydrogen-bond acceptors (Lipinski definition) is 7. The summed E-state index contributed by atoms with van der Waals surface area (Å²) in [5.41, 5.74) is 4.14. The highest BCUT2D eigenvalue weighted by Gasteiger charge is 2.48. The fourth-order valence-corrected chi connectivity index (χ4v) is 9.28. The van der Waals surface area contributed by atoms with Crippen LogP contribution >= 0.6 is 0 Å². The summed E-state index contributed by atoms with van der Waals surface area (Å²) in [4.78, 5) is 37.4. The molecule has 8 heteroatoms. The Bertz CT molecular complexity index is 1660. The molecule has 1 aromatic carbocycles. The lowest BCUT2D eigenvalue weighted by molar-refractivity contribution is -0.146. The molecule has 4 bridgehead atoms. The van der Waals surface area contributed by atoms with Gasteiger partial charge < -0.3 is 19.2 Å². The standard InChI is InChI=1S/C34H37N3O5/c1-2-34(18-38)13-31(39)41-16-27-28(34)12-30-32-25(15-37(30)33(27)40)24(23-5-3-4-6-29(23)36-32)14-35-42-17-26-21-8-19-7-20(10-21)11-22(26)9-19/h3-6,12,14,19-22,26,38H,2,7-11,13,15-18H2,1H3/b35-14+. The molecule has 4 heterocycles. The van der Waals surface area contributed by atoms with E-state index in [4.69, 9.17) is 14.6 Å². The van der Waals surface area contributed by atoms with E-state index in [0.717, 1.165) is 51.4 Å². The fraction of sp³-hybridized carbons (Fsp3) is 0.529. The Kier molecular flexibility index (Phi) is 6.07. The first-order valence-corrected chi connectivity index (χ1v) is 15.6. The molecule has 218 valence electrons. The minimum Gasteiger partial charge on any atom is -0.461 e. The SMILES string of the molecule is CCC1(CO)CC(=O)OCc2c1cc1n(c2=O)Cc2c-1nc1ccccc1c2/C=N/OCC1C2CC3CC(C2)CC1C3. The molecule has 4 aliphatic carbocycles. The van der Waals surface area contributed by atoms with Crippen molar-refractivity contribution in [3.05, 3.63) is 62.9 Å². The molecule has 4 fully saturated rings. The van der Waals surface area contributed by atoms with Gasteiger partial charge in [0.1, 0.15) is 13.2 Å². The minimum atomic E-state index is -0.868. The van der Waals surface area contributed by atoms with Crippen LogP contribution in [0.3, 0.4) is 0 Å². The van der Waals surface area contributed by atoms with Gasteiger partial charge >= 0.3 is 5.97 Å². The van der Waals surface area contributed by atoms with Gasteiger partial charge in [-0.05, 0) is 79.9 Å². The molecule has 1 atom stereocenters. The van der Waals surface area contributed by atoms with Crippen molar-refractivity contribution in [2.75, 3.05) is 13.2 Å². The molecule has 6 aliphatic rings. The third-order valence-corrected chi connectivity index (χ3v) is 11.4. The molecule has 0 radical (unpaired) electrons. The lowest BCUT2D eigenvalue weighted by Gasteiger charge is -2.54. The van der Waals surface area contributed by atoms with E-state index in [1.54, 1.807) is 4.57 Å². The lowest BCUT2D eigenvalue weighted by atomic mass is 9.52. The van der Waals surface area contributed by atoms with Gasteiger partial charge in [0.05, 0.1) is 48.3 Å². The third-order valence-electron chi connectivity index (χ3n) is 11.4. The van der Waals surface area contributed by atoms with Crippen molar-refractivity contribution in [2.45, 2.75) is 70.4 Å². The van der Waals surface area contributed by atoms with Crippen LogP contribution in [0, 0.1) is 29.6 Å². The zero-order valence-corrected chi connectivity index (χ0v) is 24.1. The van der Waals surface area contributed by atoms with Gasteiger partial charge in [-0.3, -0.25) is 9.59 Å². The van der Waals surface area contributed by atoms with Gasteiger partial charge in [-0.1, -0.05) is 30.3 Å². The third kappa shape index (κ3) is 3.90. The number of carbonyl (C=O) groups is 1. The summed E-state index contributed by atoms with van der Waals surface area (Å²) in [6.45, 7) is 2.61. The zero-order chi connectivity index (χ0) is 28.6. The summed E-state index contributed by atoms with van der Waals surface area (Å²) in [6, 6.07) is 9.92. The molecule has 0 amide bonds. The van der Waals surface area contributed by atoms with Crippen LogP contribution in [0.5, 0.6) is 0 Å². The first-order valence-electron chi connectivity index (χ1n) is 15.6. The van der Waals surface area contributed by atoms with Crippen molar-refractivity contribution >= 4 is 23.1 Å². The Morgan fingerprint density at radius 1 is 1.12 bits per heavy atom. The van der Waals surface area contributed by atoms with E-state index in [-0.39, 0.29) is 25.2 Å². The Balaban J connectivity index is 1.16. The lowest BCUT2D eigenvalue weighted by Crippen LogP contribution is -2.46. The number of esters is 1. The van der Waals surface area contributed by atoms with Crippen molar-refractivity contribution in [1.82, 2.24) is 9.55 Å². The Morgan fingerprint density at radius 3 is 2.62 bits per heavy atom. The highest BCUT2D eigenvalue weighted by atomic mass is 16.6. The van der Waals surface area contributed by atoms with E-state index in [0.29, 0.717) is 42.3 Å². The van der Waals surface area contributed by atoms with Crippen molar-refractivity contribution in [2.24, 2.45) is 34.7 Å². The Labute approximate surface area is 244 Å². The number of aromatic nitrogens is 2. The monoisotopic (exact) mass is 567 g/mol. The number of aliphatic hydroxyl groups is 1. The molecule has 3 aromatic rings. The van der Waals surface area contributed by atoms with Gasteiger partial charge in [0, 0.05) is 27.8 Å². The molecular formula is C34H37N3O5. The summed E-state index contributed by atoms with van der Waals surface area (Å²) >= 11 is 0. The number of rotatable bonds is 6. The predicted molar refractivity (Wildman–Crippen MR) is 158 cm³/mol. The van der Waals surface area contributed by atoms with Crippen LogP contribution in [-0.2, 0) is 32.9 Å². The zero-order valence-electron chi connectivity index (χ0n) is 24.1. The van der Waals surface area contributed by atoms with E-state index in [2.05, 4.69) is 5.16 Å². The second-order valence-electron chi connectivity index (χ2n) is 13.4. The molecule has 9 rings (SSSR count). The van der Waals surface area contributed by atoms with Gasteiger partial charge in [0.25, 0.3) is 5.56 Å². The molecular weight excluding hydrogens is 530 g/mol. The molecule has 42 heavy (non-hydrogen) atoms. The topological polar surface area (TPSA) is 103 Å². The Morgan fingerprint density at radius 2 is 1.88 bits per heavy atom. The largest absolute Gasteiger partial charge is 0.461 e. The summed E-state index contributed by atoms with van der Waals surface area (Å²) in [6.07, 6.45) is 9.24. The average Bonchev–Trinajstić information content (AvgIpc) is 3.28. The number of ether oxygens (including phenoxy) is 1. The van der Waals surface area contributed by atoms with Gasteiger partial charge in [-0.25, -0.2) is 4.98 Å². The number of carbonyl (C=O) groups excluding carboxylic acids is 1. The molecule has 4 saturated carbocycles. The molecule has 1 unspecified atom stereocenters. The van der Waals surface area contributed by atoms with Crippen LogP contribution in [0.15, 0.2) is 40.3 Å². The number of fused-ring (bicyclic) bond motifs is 5. The smallest absolute Gasteiger partial charge is 0.307 e. The molecule has 0 spiro atoms. The number of hydrogen-bond donors (Lipinski definition) is 1. The maximum Gasteiger partial charge on any atom is 0.307 e. The van der Waals surface area contributed by atoms with Gasteiger partial charge in [0.2, 0.25) is 0 Å². The average molecular weight is 568 g/mol. The molecule has 1 N–H and O–H groups in total. The molecule has 2 aromatic heterocycles. The maximum atomic E-state index is 13.9. The van der Waals surface area contributed by atoms with Crippen molar-refractivity contribution in [3.63, 3.8) is 0 Å². The normalized spacial score (nSPS) is 30.7. The molecule has 8 nitrogen and oxygen atoms in total. The Hall–Kier alpha value is -3.52. The van der Waals surface area contributed by atoms with Crippen molar-refractivity contribution in [3.8, 4) is 11.4 Å². The van der Waals surface area contributed by atoms with Crippen LogP contribution < -0.4 is 5.56 Å². The number of pyridine rings is 2. The summed E-state index contributed by atoms with van der Waals surface area (Å²) in [5.74, 6) is 3.64. The predicted octanol–water partition coefficient (Wildman–Crippen LogP) is 4.94. The first kappa shape index (κ1) is 26.1. The van der Waals surface area contributed by atoms with Crippen LogP contribution in [0.4, 0.5) is 0 Å². The summed E-state index contributed by atoms with van der Waals surface area (Å²) < 4.78 is 7.15. The number of cyclic esters (lactones) is 1. The van der Waals surface area contributed by atoms with Gasteiger partial charge in [0.15, 0.2) is 0 Å². The fourth-order valence-electron chi connectivity index (χ4n) is 9.28.